The van der Waals surface area contributed by atoms with Crippen molar-refractivity contribution >= 4 is 34.7 Å². The molecule has 5 heteroatoms. The highest BCUT2D eigenvalue weighted by Gasteiger charge is 2.14. The van der Waals surface area contributed by atoms with Crippen LogP contribution in [-0.4, -0.2) is 11.2 Å². The summed E-state index contributed by atoms with van der Waals surface area (Å²) in [5, 5.41) is -0.318. The molecule has 1 unspecified atom stereocenters. The molecule has 1 atom stereocenters. The molecule has 0 aliphatic heterocycles. The Bertz CT molecular complexity index is 146. The quantitative estimate of drug-likeness (QED) is 0.323. The summed E-state index contributed by atoms with van der Waals surface area (Å²) in [6, 6.07) is 0. The van der Waals surface area contributed by atoms with E-state index in [1.165, 1.54) is 12.8 Å². The van der Waals surface area contributed by atoms with Crippen LogP contribution in [0.3, 0.4) is 0 Å². The van der Waals surface area contributed by atoms with E-state index >= 15 is 0 Å². The van der Waals surface area contributed by atoms with Crippen LogP contribution >= 0.6 is 28.8 Å². The van der Waals surface area contributed by atoms with E-state index in [0.29, 0.717) is 0 Å². The number of nitrogens with one attached hydrogen (secondary N) is 1. The van der Waals surface area contributed by atoms with Crippen molar-refractivity contribution in [2.75, 3.05) is 0 Å². The molecular formula is C8H16BrNO2S. The predicted molar refractivity (Wildman–Crippen MR) is 59.7 cm³/mol. The second kappa shape index (κ2) is 8.84. The molecule has 0 fully saturated rings. The minimum absolute atomic E-state index is 0.318. The number of rotatable bonds is 7. The van der Waals surface area contributed by atoms with Gasteiger partial charge in [-0.2, -0.15) is 12.6 Å². The zero-order valence-corrected chi connectivity index (χ0v) is 10.2. The fraction of sp³-hybridized carbons (Fsp3) is 0.875. The maximum atomic E-state index is 11.0. The van der Waals surface area contributed by atoms with Crippen molar-refractivity contribution in [1.29, 1.82) is 0 Å². The molecule has 0 radical (unpaired) electrons. The van der Waals surface area contributed by atoms with Crippen molar-refractivity contribution in [3.63, 3.8) is 0 Å². The molecule has 0 aromatic rings. The lowest BCUT2D eigenvalue weighted by atomic mass is 10.1. The van der Waals surface area contributed by atoms with Gasteiger partial charge in [0.15, 0.2) is 0 Å². The monoisotopic (exact) mass is 269 g/mol. The molecule has 0 aliphatic rings. The number of unbranched alkanes of at least 4 members (excludes halogenated alkanes) is 3. The molecule has 0 rings (SSSR count). The van der Waals surface area contributed by atoms with Gasteiger partial charge in [-0.3, -0.25) is 0 Å². The summed E-state index contributed by atoms with van der Waals surface area (Å²) in [7, 11) is 0. The number of carbonyl (C=O) groups is 1. The van der Waals surface area contributed by atoms with Crippen LogP contribution in [0.15, 0.2) is 0 Å². The van der Waals surface area contributed by atoms with E-state index in [-0.39, 0.29) is 11.2 Å². The van der Waals surface area contributed by atoms with Gasteiger partial charge in [0.2, 0.25) is 0 Å². The van der Waals surface area contributed by atoms with Crippen molar-refractivity contribution < 1.29 is 9.63 Å². The summed E-state index contributed by atoms with van der Waals surface area (Å²) < 4.78 is 2.16. The number of hydrogen-bond acceptors (Lipinski definition) is 4. The Hall–Kier alpha value is 0.260. The van der Waals surface area contributed by atoms with Gasteiger partial charge in [0.25, 0.3) is 0 Å². The third-order valence-corrected chi connectivity index (χ3v) is 2.37. The van der Waals surface area contributed by atoms with E-state index < -0.39 is 0 Å². The molecule has 78 valence electrons. The Morgan fingerprint density at radius 3 is 2.77 bits per heavy atom. The third kappa shape index (κ3) is 7.34. The number of hydrogen-bond donors (Lipinski definition) is 2. The highest BCUT2D eigenvalue weighted by Crippen LogP contribution is 2.10. The van der Waals surface area contributed by atoms with Crippen molar-refractivity contribution in [2.45, 2.75) is 44.3 Å². The molecule has 0 saturated carbocycles. The molecule has 1 N–H and O–H groups in total. The van der Waals surface area contributed by atoms with Crippen LogP contribution in [0.4, 0.5) is 0 Å². The largest absolute Gasteiger partial charge is 0.359 e. The van der Waals surface area contributed by atoms with Gasteiger partial charge in [0, 0.05) is 0 Å². The Labute approximate surface area is 93.3 Å². The Morgan fingerprint density at radius 2 is 2.23 bits per heavy atom. The molecule has 0 aliphatic carbocycles. The summed E-state index contributed by atoms with van der Waals surface area (Å²) >= 11 is 6.91. The number of halogens is 1. The van der Waals surface area contributed by atoms with Crippen LogP contribution < -0.4 is 4.51 Å². The summed E-state index contributed by atoms with van der Waals surface area (Å²) in [4.78, 5) is 15.5. The van der Waals surface area contributed by atoms with Crippen molar-refractivity contribution in [2.24, 2.45) is 0 Å². The van der Waals surface area contributed by atoms with Gasteiger partial charge in [-0.05, 0) is 6.42 Å². The molecule has 13 heavy (non-hydrogen) atoms. The lowest BCUT2D eigenvalue weighted by Gasteiger charge is -2.07. The van der Waals surface area contributed by atoms with E-state index in [1.54, 1.807) is 0 Å². The highest BCUT2D eigenvalue weighted by atomic mass is 79.9. The molecule has 0 aromatic carbocycles. The van der Waals surface area contributed by atoms with Gasteiger partial charge >= 0.3 is 5.97 Å². The lowest BCUT2D eigenvalue weighted by molar-refractivity contribution is -0.145. The van der Waals surface area contributed by atoms with Crippen LogP contribution in [-0.2, 0) is 9.63 Å². The Morgan fingerprint density at radius 1 is 1.54 bits per heavy atom. The second-order valence-corrected chi connectivity index (χ2v) is 3.81. The number of carbonyl (C=O) groups excluding carboxylic acids is 1. The third-order valence-electron chi connectivity index (χ3n) is 1.74. The maximum Gasteiger partial charge on any atom is 0.338 e. The van der Waals surface area contributed by atoms with Gasteiger partial charge in [-0.1, -0.05) is 37.1 Å². The normalized spacial score (nSPS) is 12.5. The van der Waals surface area contributed by atoms with Crippen LogP contribution in [0.2, 0.25) is 0 Å². The predicted octanol–water partition coefficient (Wildman–Crippen LogP) is 2.61. The van der Waals surface area contributed by atoms with E-state index in [2.05, 4.69) is 45.0 Å². The maximum absolute atomic E-state index is 11.0. The van der Waals surface area contributed by atoms with E-state index in [9.17, 15) is 4.79 Å². The smallest absolute Gasteiger partial charge is 0.338 e. The lowest BCUT2D eigenvalue weighted by Crippen LogP contribution is -2.21. The first-order chi connectivity index (χ1) is 6.22. The molecule has 0 spiro atoms. The SMILES string of the molecule is CCCCCCC(S)C(=O)ONBr. The van der Waals surface area contributed by atoms with Gasteiger partial charge in [-0.25, -0.2) is 4.79 Å². The Kier molecular flexibility index (Phi) is 9.02. The topological polar surface area (TPSA) is 38.3 Å². The van der Waals surface area contributed by atoms with Crippen LogP contribution in [0.1, 0.15) is 39.0 Å². The summed E-state index contributed by atoms with van der Waals surface area (Å²) in [6.45, 7) is 2.15. The summed E-state index contributed by atoms with van der Waals surface area (Å²) in [5.74, 6) is -0.336. The van der Waals surface area contributed by atoms with Crippen LogP contribution in [0, 0.1) is 0 Å². The molecule has 0 amide bonds. The minimum Gasteiger partial charge on any atom is -0.359 e. The first kappa shape index (κ1) is 13.3. The molecule has 0 aromatic heterocycles. The second-order valence-electron chi connectivity index (χ2n) is 2.86. The zero-order valence-electron chi connectivity index (χ0n) is 7.75. The van der Waals surface area contributed by atoms with Crippen molar-refractivity contribution in [3.8, 4) is 0 Å². The molecule has 0 saturated heterocycles. The van der Waals surface area contributed by atoms with E-state index in [0.717, 1.165) is 19.3 Å². The molecule has 0 bridgehead atoms. The van der Waals surface area contributed by atoms with Crippen LogP contribution in [0.5, 0.6) is 0 Å². The summed E-state index contributed by atoms with van der Waals surface area (Å²) in [6.07, 6.45) is 5.37. The van der Waals surface area contributed by atoms with Gasteiger partial charge in [0.1, 0.15) is 5.25 Å². The molecule has 3 nitrogen and oxygen atoms in total. The van der Waals surface area contributed by atoms with Crippen molar-refractivity contribution in [3.05, 3.63) is 0 Å². The van der Waals surface area contributed by atoms with Crippen molar-refractivity contribution in [1.82, 2.24) is 4.51 Å². The highest BCUT2D eigenvalue weighted by molar-refractivity contribution is 9.07. The Balaban J connectivity index is 3.38. The fourth-order valence-electron chi connectivity index (χ4n) is 0.988. The molecular weight excluding hydrogens is 254 g/mol. The molecule has 0 heterocycles. The van der Waals surface area contributed by atoms with Gasteiger partial charge < -0.3 is 4.84 Å². The van der Waals surface area contributed by atoms with E-state index in [1.807, 2.05) is 0 Å². The van der Waals surface area contributed by atoms with Gasteiger partial charge in [0.05, 0.1) is 16.1 Å². The summed E-state index contributed by atoms with van der Waals surface area (Å²) in [5.41, 5.74) is 0. The minimum atomic E-state index is -0.336. The fourth-order valence-corrected chi connectivity index (χ4v) is 1.38. The van der Waals surface area contributed by atoms with E-state index in [4.69, 9.17) is 0 Å². The first-order valence-corrected chi connectivity index (χ1v) is 5.77. The van der Waals surface area contributed by atoms with Gasteiger partial charge in [-0.15, -0.1) is 0 Å². The standard InChI is InChI=1S/C8H16BrNO2S/c1-2-3-4-5-6-7(13)8(11)12-10-9/h7,10,13H,2-6H2,1H3. The number of thiol groups is 1. The average molecular weight is 270 g/mol. The average Bonchev–Trinajstić information content (AvgIpc) is 2.12. The first-order valence-electron chi connectivity index (χ1n) is 4.46. The zero-order chi connectivity index (χ0) is 10.1. The van der Waals surface area contributed by atoms with Crippen LogP contribution in [0.25, 0.3) is 0 Å².